The van der Waals surface area contributed by atoms with Gasteiger partial charge in [-0.05, 0) is 42.9 Å². The second-order valence-electron chi connectivity index (χ2n) is 8.16. The van der Waals surface area contributed by atoms with Crippen LogP contribution in [0.4, 0.5) is 4.79 Å². The first kappa shape index (κ1) is 22.6. The zero-order chi connectivity index (χ0) is 23.4. The van der Waals surface area contributed by atoms with Crippen LogP contribution in [0.15, 0.2) is 48.8 Å². The molecule has 3 aromatic rings. The molecule has 3 heterocycles. The van der Waals surface area contributed by atoms with Gasteiger partial charge in [-0.2, -0.15) is 0 Å². The topological polar surface area (TPSA) is 132 Å². The van der Waals surface area contributed by atoms with E-state index in [1.807, 2.05) is 24.3 Å². The third kappa shape index (κ3) is 5.43. The van der Waals surface area contributed by atoms with E-state index in [1.54, 1.807) is 29.4 Å². The van der Waals surface area contributed by atoms with Crippen molar-refractivity contribution < 1.29 is 14.4 Å². The van der Waals surface area contributed by atoms with Gasteiger partial charge in [-0.3, -0.25) is 14.6 Å². The fourth-order valence-corrected chi connectivity index (χ4v) is 5.12. The van der Waals surface area contributed by atoms with Gasteiger partial charge in [0.2, 0.25) is 0 Å². The molecular weight excluding hydrogens is 438 g/mol. The number of rotatable bonds is 7. The number of likely N-dealkylation sites (tertiary alicyclic amines) is 1. The Morgan fingerprint density at radius 2 is 1.67 bits per heavy atom. The molecule has 0 spiro atoms. The molecule has 0 unspecified atom stereocenters. The molecule has 4 rings (SSSR count). The SMILES string of the molecule is NC(=O)c1nc(-c2ccncc2)sc1CC(=O)c1ccc(CC2CCN(C(N)=O)CC2)cc1. The van der Waals surface area contributed by atoms with Crippen LogP contribution in [0.1, 0.15) is 44.1 Å². The number of pyridine rings is 1. The first-order valence-electron chi connectivity index (χ1n) is 10.8. The highest BCUT2D eigenvalue weighted by Crippen LogP contribution is 2.29. The molecule has 4 N–H and O–H groups in total. The maximum atomic E-state index is 12.9. The molecule has 1 saturated heterocycles. The summed E-state index contributed by atoms with van der Waals surface area (Å²) in [4.78, 5) is 46.6. The monoisotopic (exact) mass is 463 g/mol. The Hall–Kier alpha value is -3.59. The summed E-state index contributed by atoms with van der Waals surface area (Å²) in [6.07, 6.45) is 6.10. The van der Waals surface area contributed by atoms with Crippen LogP contribution < -0.4 is 11.5 Å². The fourth-order valence-electron chi connectivity index (χ4n) is 4.05. The van der Waals surface area contributed by atoms with Gasteiger partial charge >= 0.3 is 6.03 Å². The lowest BCUT2D eigenvalue weighted by Gasteiger charge is -2.30. The van der Waals surface area contributed by atoms with Crippen LogP contribution in [0.5, 0.6) is 0 Å². The molecule has 3 amide bonds. The normalized spacial score (nSPS) is 14.2. The van der Waals surface area contributed by atoms with Crippen LogP contribution in [0, 0.1) is 5.92 Å². The van der Waals surface area contributed by atoms with Crippen molar-refractivity contribution in [3.63, 3.8) is 0 Å². The Morgan fingerprint density at radius 1 is 1.00 bits per heavy atom. The Morgan fingerprint density at radius 3 is 2.27 bits per heavy atom. The molecule has 1 aliphatic rings. The third-order valence-electron chi connectivity index (χ3n) is 5.91. The average molecular weight is 464 g/mol. The van der Waals surface area contributed by atoms with E-state index in [4.69, 9.17) is 11.5 Å². The van der Waals surface area contributed by atoms with Crippen molar-refractivity contribution in [1.29, 1.82) is 0 Å². The summed E-state index contributed by atoms with van der Waals surface area (Å²) in [7, 11) is 0. The summed E-state index contributed by atoms with van der Waals surface area (Å²) < 4.78 is 0. The molecule has 1 aromatic carbocycles. The number of urea groups is 1. The van der Waals surface area contributed by atoms with Crippen LogP contribution >= 0.6 is 11.3 Å². The second kappa shape index (κ2) is 9.91. The van der Waals surface area contributed by atoms with Crippen LogP contribution in [0.3, 0.4) is 0 Å². The Kier molecular flexibility index (Phi) is 6.79. The highest BCUT2D eigenvalue weighted by atomic mass is 32.1. The number of primary amides is 2. The van der Waals surface area contributed by atoms with Gasteiger partial charge in [0.05, 0.1) is 0 Å². The van der Waals surface area contributed by atoms with Crippen LogP contribution in [-0.4, -0.2) is 45.7 Å². The minimum absolute atomic E-state index is 0.0615. The van der Waals surface area contributed by atoms with Crippen molar-refractivity contribution in [1.82, 2.24) is 14.9 Å². The molecule has 33 heavy (non-hydrogen) atoms. The molecule has 8 nitrogen and oxygen atoms in total. The fraction of sp³-hybridized carbons (Fsp3) is 0.292. The largest absolute Gasteiger partial charge is 0.364 e. The molecule has 1 fully saturated rings. The summed E-state index contributed by atoms with van der Waals surface area (Å²) in [6, 6.07) is 10.8. The van der Waals surface area contributed by atoms with Crippen molar-refractivity contribution >= 4 is 29.1 Å². The lowest BCUT2D eigenvalue weighted by Crippen LogP contribution is -2.41. The summed E-state index contributed by atoms with van der Waals surface area (Å²) >= 11 is 1.30. The van der Waals surface area contributed by atoms with E-state index >= 15 is 0 Å². The maximum absolute atomic E-state index is 12.9. The molecule has 0 atom stereocenters. The molecule has 0 aliphatic carbocycles. The number of carbonyl (C=O) groups is 3. The van der Waals surface area contributed by atoms with Crippen LogP contribution in [0.25, 0.3) is 10.6 Å². The van der Waals surface area contributed by atoms with E-state index in [0.29, 0.717) is 34.5 Å². The van der Waals surface area contributed by atoms with Gasteiger partial charge in [-0.25, -0.2) is 9.78 Å². The summed E-state index contributed by atoms with van der Waals surface area (Å²) in [6.45, 7) is 1.38. The van der Waals surface area contributed by atoms with Crippen molar-refractivity contribution in [3.8, 4) is 10.6 Å². The van der Waals surface area contributed by atoms with Gasteiger partial charge in [0.15, 0.2) is 5.78 Å². The third-order valence-corrected chi connectivity index (χ3v) is 7.01. The standard InChI is InChI=1S/C24H25N5O3S/c25-22(31)21-20(33-23(28-21)18-5-9-27-10-6-18)14-19(30)17-3-1-15(2-4-17)13-16-7-11-29(12-8-16)24(26)32/h1-6,9-10,16H,7-8,11-14H2,(H2,25,31)(H2,26,32). The lowest BCUT2D eigenvalue weighted by molar-refractivity contribution is 0.0991. The number of amides is 3. The van der Waals surface area contributed by atoms with Crippen molar-refractivity contribution in [2.45, 2.75) is 25.7 Å². The quantitative estimate of drug-likeness (QED) is 0.520. The van der Waals surface area contributed by atoms with Crippen LogP contribution in [-0.2, 0) is 12.8 Å². The molecule has 0 radical (unpaired) electrons. The number of piperidine rings is 1. The number of benzene rings is 1. The number of nitrogens with zero attached hydrogens (tertiary/aromatic N) is 3. The van der Waals surface area contributed by atoms with E-state index in [-0.39, 0.29) is 23.9 Å². The number of carbonyl (C=O) groups excluding carboxylic acids is 3. The van der Waals surface area contributed by atoms with Gasteiger partial charge < -0.3 is 16.4 Å². The average Bonchev–Trinajstić information content (AvgIpc) is 3.24. The van der Waals surface area contributed by atoms with Crippen LogP contribution in [0.2, 0.25) is 0 Å². The smallest absolute Gasteiger partial charge is 0.314 e. The second-order valence-corrected chi connectivity index (χ2v) is 9.24. The van der Waals surface area contributed by atoms with Gasteiger partial charge in [-0.1, -0.05) is 24.3 Å². The van der Waals surface area contributed by atoms with Crippen molar-refractivity contribution in [3.05, 3.63) is 70.5 Å². The number of Topliss-reactive ketones (excluding diaryl/α,β-unsaturated/α-hetero) is 1. The van der Waals surface area contributed by atoms with E-state index < -0.39 is 5.91 Å². The zero-order valence-electron chi connectivity index (χ0n) is 18.1. The number of aromatic nitrogens is 2. The van der Waals surface area contributed by atoms with Gasteiger partial charge in [0.1, 0.15) is 10.7 Å². The number of hydrogen-bond donors (Lipinski definition) is 2. The van der Waals surface area contributed by atoms with Gasteiger partial charge in [-0.15, -0.1) is 11.3 Å². The highest BCUT2D eigenvalue weighted by molar-refractivity contribution is 7.15. The molecule has 0 saturated carbocycles. The maximum Gasteiger partial charge on any atom is 0.314 e. The number of nitrogens with two attached hydrogens (primary N) is 2. The predicted octanol–water partition coefficient (Wildman–Crippen LogP) is 3.06. The van der Waals surface area contributed by atoms with Gasteiger partial charge in [0.25, 0.3) is 5.91 Å². The lowest BCUT2D eigenvalue weighted by atomic mass is 9.90. The minimum Gasteiger partial charge on any atom is -0.364 e. The van der Waals surface area contributed by atoms with Crippen molar-refractivity contribution in [2.75, 3.05) is 13.1 Å². The van der Waals surface area contributed by atoms with Crippen molar-refractivity contribution in [2.24, 2.45) is 17.4 Å². The number of hydrogen-bond acceptors (Lipinski definition) is 6. The summed E-state index contributed by atoms with van der Waals surface area (Å²) in [5, 5.41) is 0.631. The minimum atomic E-state index is -0.646. The molecular formula is C24H25N5O3S. The van der Waals surface area contributed by atoms with E-state index in [0.717, 1.165) is 30.4 Å². The Balaban J connectivity index is 1.41. The van der Waals surface area contributed by atoms with E-state index in [2.05, 4.69) is 9.97 Å². The predicted molar refractivity (Wildman–Crippen MR) is 126 cm³/mol. The first-order chi connectivity index (χ1) is 15.9. The molecule has 2 aromatic heterocycles. The molecule has 9 heteroatoms. The number of thiazole rings is 1. The molecule has 0 bridgehead atoms. The molecule has 170 valence electrons. The summed E-state index contributed by atoms with van der Waals surface area (Å²) in [5.41, 5.74) is 13.5. The Bertz CT molecular complexity index is 1150. The van der Waals surface area contributed by atoms with Gasteiger partial charge in [0, 0.05) is 47.9 Å². The molecule has 1 aliphatic heterocycles. The van der Waals surface area contributed by atoms with E-state index in [1.165, 1.54) is 11.3 Å². The highest BCUT2D eigenvalue weighted by Gasteiger charge is 2.22. The summed E-state index contributed by atoms with van der Waals surface area (Å²) in [5.74, 6) is -0.250. The zero-order valence-corrected chi connectivity index (χ0v) is 18.9. The van der Waals surface area contributed by atoms with E-state index in [9.17, 15) is 14.4 Å². The first-order valence-corrected chi connectivity index (χ1v) is 11.6. The number of ketones is 1. The Labute approximate surface area is 195 Å².